The number of hydrogen-bond donors (Lipinski definition) is 1. The molecule has 10 heavy (non-hydrogen) atoms. The third kappa shape index (κ3) is 3.45. The third-order valence-corrected chi connectivity index (χ3v) is 2.45. The molecule has 0 aromatic heterocycles. The van der Waals surface area contributed by atoms with E-state index in [9.17, 15) is 13.2 Å². The summed E-state index contributed by atoms with van der Waals surface area (Å²) in [6, 6.07) is 0. The lowest BCUT2D eigenvalue weighted by molar-refractivity contribution is -0.119. The average Bonchev–Trinajstić information content (AvgIpc) is 1.60. The van der Waals surface area contributed by atoms with E-state index in [4.69, 9.17) is 0 Å². The second-order valence-electron chi connectivity index (χ2n) is 2.17. The van der Waals surface area contributed by atoms with Crippen LogP contribution in [0.15, 0.2) is 0 Å². The Kier molecular flexibility index (Phi) is 2.83. The van der Waals surface area contributed by atoms with Gasteiger partial charge in [-0.1, -0.05) is 0 Å². The molecule has 0 saturated carbocycles. The van der Waals surface area contributed by atoms with Crippen LogP contribution in [0.5, 0.6) is 0 Å². The summed E-state index contributed by atoms with van der Waals surface area (Å²) in [7, 11) is -3.13. The Balaban J connectivity index is 4.12. The van der Waals surface area contributed by atoms with Crippen molar-refractivity contribution in [1.82, 2.24) is 5.32 Å². The normalized spacial score (nSPS) is 14.3. The van der Waals surface area contributed by atoms with Crippen LogP contribution in [0.4, 0.5) is 0 Å². The summed E-state index contributed by atoms with van der Waals surface area (Å²) in [5.41, 5.74) is 0. The van der Waals surface area contributed by atoms with Gasteiger partial charge in [0.25, 0.3) is 0 Å². The van der Waals surface area contributed by atoms with E-state index in [1.54, 1.807) is 0 Å². The van der Waals surface area contributed by atoms with Gasteiger partial charge in [0.2, 0.25) is 5.91 Å². The van der Waals surface area contributed by atoms with Crippen molar-refractivity contribution in [3.63, 3.8) is 0 Å². The first kappa shape index (κ1) is 9.42. The van der Waals surface area contributed by atoms with E-state index in [-0.39, 0.29) is 5.91 Å². The van der Waals surface area contributed by atoms with E-state index in [1.165, 1.54) is 13.8 Å². The second kappa shape index (κ2) is 3.01. The molecule has 1 N–H and O–H groups in total. The summed E-state index contributed by atoms with van der Waals surface area (Å²) in [6.45, 7) is 2.71. The summed E-state index contributed by atoms with van der Waals surface area (Å²) in [6.07, 6.45) is 1.08. The summed E-state index contributed by atoms with van der Waals surface area (Å²) >= 11 is 0. The molecule has 1 atom stereocenters. The molecule has 0 bridgehead atoms. The molecule has 0 aliphatic rings. The molecule has 0 aliphatic heterocycles. The predicted octanol–water partition coefficient (Wildman–Crippen LogP) is -0.487. The van der Waals surface area contributed by atoms with Crippen molar-refractivity contribution >= 4 is 15.7 Å². The number of sulfone groups is 1. The number of carbonyl (C=O) groups is 1. The second-order valence-corrected chi connectivity index (χ2v) is 4.54. The van der Waals surface area contributed by atoms with Crippen LogP contribution in [0.25, 0.3) is 0 Å². The zero-order valence-corrected chi connectivity index (χ0v) is 7.03. The van der Waals surface area contributed by atoms with E-state index in [1.807, 2.05) is 0 Å². The molecule has 1 unspecified atom stereocenters. The van der Waals surface area contributed by atoms with Crippen LogP contribution in [-0.4, -0.2) is 26.0 Å². The highest BCUT2D eigenvalue weighted by atomic mass is 32.2. The molecule has 0 rings (SSSR count). The predicted molar refractivity (Wildman–Crippen MR) is 38.1 cm³/mol. The lowest BCUT2D eigenvalue weighted by Crippen LogP contribution is -2.36. The Hall–Kier alpha value is -0.580. The third-order valence-electron chi connectivity index (χ3n) is 1.05. The van der Waals surface area contributed by atoms with E-state index < -0.39 is 15.2 Å². The van der Waals surface area contributed by atoms with Gasteiger partial charge in [-0.05, 0) is 6.92 Å². The Bertz CT molecular complexity index is 219. The first-order chi connectivity index (χ1) is 4.34. The summed E-state index contributed by atoms with van der Waals surface area (Å²) < 4.78 is 21.3. The smallest absolute Gasteiger partial charge is 0.217 e. The van der Waals surface area contributed by atoms with Gasteiger partial charge >= 0.3 is 0 Å². The van der Waals surface area contributed by atoms with Crippen molar-refractivity contribution in [3.05, 3.63) is 0 Å². The average molecular weight is 165 g/mol. The Morgan fingerprint density at radius 1 is 1.50 bits per heavy atom. The lowest BCUT2D eigenvalue weighted by atomic mass is 10.6. The van der Waals surface area contributed by atoms with Gasteiger partial charge in [0.1, 0.15) is 5.37 Å². The van der Waals surface area contributed by atoms with Crippen LogP contribution in [0.2, 0.25) is 0 Å². The fourth-order valence-corrected chi connectivity index (χ4v) is 0.773. The molecule has 0 radical (unpaired) electrons. The maximum absolute atomic E-state index is 10.7. The van der Waals surface area contributed by atoms with Crippen LogP contribution in [0.1, 0.15) is 13.8 Å². The maximum Gasteiger partial charge on any atom is 0.217 e. The minimum absolute atomic E-state index is 0.335. The maximum atomic E-state index is 10.7. The van der Waals surface area contributed by atoms with E-state index in [2.05, 4.69) is 5.32 Å². The Labute approximate surface area is 60.5 Å². The van der Waals surface area contributed by atoms with Crippen LogP contribution in [0, 0.1) is 0 Å². The van der Waals surface area contributed by atoms with Gasteiger partial charge in [-0.15, -0.1) is 0 Å². The van der Waals surface area contributed by atoms with Gasteiger partial charge in [0, 0.05) is 13.2 Å². The highest BCUT2D eigenvalue weighted by molar-refractivity contribution is 7.91. The topological polar surface area (TPSA) is 63.2 Å². The largest absolute Gasteiger partial charge is 0.340 e. The zero-order valence-electron chi connectivity index (χ0n) is 6.21. The van der Waals surface area contributed by atoms with E-state index in [0.717, 1.165) is 6.26 Å². The SMILES string of the molecule is CC(=O)NC(C)S(C)(=O)=O. The molecule has 0 spiro atoms. The number of nitrogens with one attached hydrogen (secondary N) is 1. The van der Waals surface area contributed by atoms with E-state index >= 15 is 0 Å². The van der Waals surface area contributed by atoms with Crippen LogP contribution < -0.4 is 5.32 Å². The van der Waals surface area contributed by atoms with Crippen molar-refractivity contribution in [1.29, 1.82) is 0 Å². The van der Waals surface area contributed by atoms with Crippen molar-refractivity contribution < 1.29 is 13.2 Å². The first-order valence-electron chi connectivity index (χ1n) is 2.80. The number of rotatable bonds is 2. The van der Waals surface area contributed by atoms with Gasteiger partial charge in [-0.3, -0.25) is 4.79 Å². The number of carbonyl (C=O) groups excluding carboxylic acids is 1. The standard InChI is InChI=1S/C5H11NO3S/c1-4(7)6-5(2)10(3,8)9/h5H,1-3H3,(H,6,7). The highest BCUT2D eigenvalue weighted by Crippen LogP contribution is 1.91. The molecule has 0 aliphatic carbocycles. The summed E-state index contributed by atoms with van der Waals surface area (Å²) in [5.74, 6) is -0.335. The number of amides is 1. The summed E-state index contributed by atoms with van der Waals surface area (Å²) in [5, 5.41) is 1.47. The number of hydrogen-bond acceptors (Lipinski definition) is 3. The minimum Gasteiger partial charge on any atom is -0.340 e. The quantitative estimate of drug-likeness (QED) is 0.600. The molecular formula is C5H11NO3S. The molecule has 4 nitrogen and oxygen atoms in total. The lowest BCUT2D eigenvalue weighted by Gasteiger charge is -2.08. The van der Waals surface area contributed by atoms with Gasteiger partial charge in [-0.25, -0.2) is 8.42 Å². The van der Waals surface area contributed by atoms with E-state index in [0.29, 0.717) is 0 Å². The van der Waals surface area contributed by atoms with Gasteiger partial charge < -0.3 is 5.32 Å². The van der Waals surface area contributed by atoms with Crippen LogP contribution in [-0.2, 0) is 14.6 Å². The highest BCUT2D eigenvalue weighted by Gasteiger charge is 2.14. The van der Waals surface area contributed by atoms with Crippen molar-refractivity contribution in [2.45, 2.75) is 19.2 Å². The van der Waals surface area contributed by atoms with Gasteiger partial charge in [-0.2, -0.15) is 0 Å². The minimum atomic E-state index is -3.13. The zero-order chi connectivity index (χ0) is 8.36. The van der Waals surface area contributed by atoms with Gasteiger partial charge in [0.05, 0.1) is 0 Å². The fourth-order valence-electron chi connectivity index (χ4n) is 0.393. The molecule has 0 heterocycles. The molecular weight excluding hydrogens is 154 g/mol. The van der Waals surface area contributed by atoms with Crippen molar-refractivity contribution in [3.8, 4) is 0 Å². The summed E-state index contributed by atoms with van der Waals surface area (Å²) in [4.78, 5) is 10.3. The molecule has 60 valence electrons. The fraction of sp³-hybridized carbons (Fsp3) is 0.800. The van der Waals surface area contributed by atoms with Crippen molar-refractivity contribution in [2.24, 2.45) is 0 Å². The molecule has 0 aromatic carbocycles. The Morgan fingerprint density at radius 2 is 1.90 bits per heavy atom. The molecule has 0 saturated heterocycles. The first-order valence-corrected chi connectivity index (χ1v) is 4.75. The molecule has 5 heteroatoms. The van der Waals surface area contributed by atoms with Crippen molar-refractivity contribution in [2.75, 3.05) is 6.26 Å². The Morgan fingerprint density at radius 3 is 2.00 bits per heavy atom. The van der Waals surface area contributed by atoms with Crippen LogP contribution >= 0.6 is 0 Å². The van der Waals surface area contributed by atoms with Crippen LogP contribution in [0.3, 0.4) is 0 Å². The monoisotopic (exact) mass is 165 g/mol. The molecule has 0 aromatic rings. The van der Waals surface area contributed by atoms with Gasteiger partial charge in [0.15, 0.2) is 9.84 Å². The molecule has 0 fully saturated rings. The molecule has 1 amide bonds.